The predicted molar refractivity (Wildman–Crippen MR) is 68.1 cm³/mol. The van der Waals surface area contributed by atoms with Crippen LogP contribution in [0.2, 0.25) is 0 Å². The first-order valence-corrected chi connectivity index (χ1v) is 5.57. The molecular formula is C13H15N3O2. The van der Waals surface area contributed by atoms with Crippen molar-refractivity contribution < 1.29 is 9.21 Å². The van der Waals surface area contributed by atoms with Crippen LogP contribution in [0.5, 0.6) is 0 Å². The van der Waals surface area contributed by atoms with Gasteiger partial charge in [-0.25, -0.2) is 0 Å². The van der Waals surface area contributed by atoms with Crippen LogP contribution in [0.3, 0.4) is 0 Å². The van der Waals surface area contributed by atoms with Gasteiger partial charge in [-0.1, -0.05) is 6.08 Å². The molecule has 0 aromatic carbocycles. The monoisotopic (exact) mass is 245 g/mol. The Morgan fingerprint density at radius 3 is 3.06 bits per heavy atom. The first-order valence-electron chi connectivity index (χ1n) is 5.57. The molecule has 0 aliphatic carbocycles. The molecule has 2 rings (SSSR count). The van der Waals surface area contributed by atoms with E-state index in [1.807, 2.05) is 6.07 Å². The van der Waals surface area contributed by atoms with Crippen molar-refractivity contribution in [2.75, 3.05) is 13.6 Å². The van der Waals surface area contributed by atoms with Crippen LogP contribution < -0.4 is 0 Å². The Labute approximate surface area is 105 Å². The van der Waals surface area contributed by atoms with E-state index < -0.39 is 0 Å². The van der Waals surface area contributed by atoms with Crippen molar-refractivity contribution in [1.29, 1.82) is 0 Å². The Morgan fingerprint density at radius 1 is 1.67 bits per heavy atom. The molecule has 2 aromatic rings. The third kappa shape index (κ3) is 2.20. The summed E-state index contributed by atoms with van der Waals surface area (Å²) in [5.41, 5.74) is 1.17. The lowest BCUT2D eigenvalue weighted by Gasteiger charge is -2.12. The highest BCUT2D eigenvalue weighted by Gasteiger charge is 2.17. The van der Waals surface area contributed by atoms with Gasteiger partial charge in [0.2, 0.25) is 0 Å². The smallest absolute Gasteiger partial charge is 0.274 e. The average molecular weight is 245 g/mol. The topological polar surface area (TPSA) is 51.3 Å². The van der Waals surface area contributed by atoms with Crippen molar-refractivity contribution >= 4 is 5.91 Å². The van der Waals surface area contributed by atoms with Crippen LogP contribution in [-0.4, -0.2) is 34.2 Å². The van der Waals surface area contributed by atoms with Gasteiger partial charge in [0.05, 0.1) is 6.26 Å². The Balaban J connectivity index is 2.29. The first kappa shape index (κ1) is 12.2. The van der Waals surface area contributed by atoms with Crippen LogP contribution in [0.1, 0.15) is 10.5 Å². The maximum atomic E-state index is 12.0. The number of hydrogen-bond acceptors (Lipinski definition) is 3. The molecule has 0 fully saturated rings. The van der Waals surface area contributed by atoms with Gasteiger partial charge in [-0.15, -0.1) is 6.58 Å². The SMILES string of the molecule is C=CCN(C)C(=O)c1cc(-c2ccco2)n(C)n1. The molecule has 2 heterocycles. The second kappa shape index (κ2) is 4.91. The fourth-order valence-electron chi connectivity index (χ4n) is 1.70. The van der Waals surface area contributed by atoms with E-state index in [2.05, 4.69) is 11.7 Å². The van der Waals surface area contributed by atoms with E-state index in [0.29, 0.717) is 18.0 Å². The molecule has 0 radical (unpaired) electrons. The molecule has 0 spiro atoms. The van der Waals surface area contributed by atoms with Crippen LogP contribution in [0.4, 0.5) is 0 Å². The zero-order chi connectivity index (χ0) is 13.1. The number of furan rings is 1. The summed E-state index contributed by atoms with van der Waals surface area (Å²) in [6.45, 7) is 4.10. The lowest BCUT2D eigenvalue weighted by Crippen LogP contribution is -2.27. The number of aryl methyl sites for hydroxylation is 1. The van der Waals surface area contributed by atoms with Crippen LogP contribution in [0.25, 0.3) is 11.5 Å². The highest BCUT2D eigenvalue weighted by atomic mass is 16.3. The summed E-state index contributed by atoms with van der Waals surface area (Å²) >= 11 is 0. The summed E-state index contributed by atoms with van der Waals surface area (Å²) in [6.07, 6.45) is 3.27. The molecule has 0 saturated heterocycles. The van der Waals surface area contributed by atoms with Crippen molar-refractivity contribution in [2.45, 2.75) is 0 Å². The van der Waals surface area contributed by atoms with Gasteiger partial charge >= 0.3 is 0 Å². The standard InChI is InChI=1S/C13H15N3O2/c1-4-7-15(2)13(17)10-9-11(16(3)14-10)12-6-5-8-18-12/h4-6,8-9H,1,7H2,2-3H3. The van der Waals surface area contributed by atoms with E-state index in [1.165, 1.54) is 0 Å². The van der Waals surface area contributed by atoms with Crippen LogP contribution >= 0.6 is 0 Å². The third-order valence-electron chi connectivity index (χ3n) is 2.62. The van der Waals surface area contributed by atoms with Gasteiger partial charge in [0.15, 0.2) is 11.5 Å². The van der Waals surface area contributed by atoms with Crippen molar-refractivity contribution in [3.8, 4) is 11.5 Å². The molecule has 2 aromatic heterocycles. The number of aromatic nitrogens is 2. The molecule has 0 N–H and O–H groups in total. The first-order chi connectivity index (χ1) is 8.63. The lowest BCUT2D eigenvalue weighted by molar-refractivity contribution is 0.0803. The normalized spacial score (nSPS) is 10.3. The second-order valence-corrected chi connectivity index (χ2v) is 3.99. The fourth-order valence-corrected chi connectivity index (χ4v) is 1.70. The van der Waals surface area contributed by atoms with E-state index >= 15 is 0 Å². The molecule has 5 heteroatoms. The van der Waals surface area contributed by atoms with Gasteiger partial charge in [0.25, 0.3) is 5.91 Å². The number of nitrogens with zero attached hydrogens (tertiary/aromatic N) is 3. The van der Waals surface area contributed by atoms with Crippen LogP contribution in [0.15, 0.2) is 41.5 Å². The Bertz CT molecular complexity index is 555. The largest absolute Gasteiger partial charge is 0.463 e. The summed E-state index contributed by atoms with van der Waals surface area (Å²) < 4.78 is 6.93. The lowest BCUT2D eigenvalue weighted by atomic mass is 10.3. The molecule has 0 atom stereocenters. The summed E-state index contributed by atoms with van der Waals surface area (Å²) in [4.78, 5) is 13.6. The zero-order valence-corrected chi connectivity index (χ0v) is 10.5. The maximum absolute atomic E-state index is 12.0. The van der Waals surface area contributed by atoms with Gasteiger partial charge < -0.3 is 9.32 Å². The van der Waals surface area contributed by atoms with Gasteiger partial charge in [-0.2, -0.15) is 5.10 Å². The minimum absolute atomic E-state index is 0.136. The minimum atomic E-state index is -0.136. The number of carbonyl (C=O) groups excluding carboxylic acids is 1. The van der Waals surface area contributed by atoms with E-state index in [9.17, 15) is 4.79 Å². The number of likely N-dealkylation sites (N-methyl/N-ethyl adjacent to an activating group) is 1. The predicted octanol–water partition coefficient (Wildman–Crippen LogP) is 1.94. The number of carbonyl (C=O) groups is 1. The van der Waals surface area contributed by atoms with Gasteiger partial charge in [-0.3, -0.25) is 9.48 Å². The number of amides is 1. The minimum Gasteiger partial charge on any atom is -0.463 e. The van der Waals surface area contributed by atoms with Crippen molar-refractivity contribution in [2.24, 2.45) is 7.05 Å². The van der Waals surface area contributed by atoms with E-state index in [-0.39, 0.29) is 5.91 Å². The molecule has 18 heavy (non-hydrogen) atoms. The Hall–Kier alpha value is -2.30. The van der Waals surface area contributed by atoms with E-state index in [4.69, 9.17) is 4.42 Å². The summed E-state index contributed by atoms with van der Waals surface area (Å²) in [5, 5.41) is 4.20. The highest BCUT2D eigenvalue weighted by molar-refractivity contribution is 5.93. The van der Waals surface area contributed by atoms with Gasteiger partial charge in [0, 0.05) is 26.7 Å². The molecule has 1 amide bonds. The average Bonchev–Trinajstić information content (AvgIpc) is 2.97. The Morgan fingerprint density at radius 2 is 2.44 bits per heavy atom. The molecular weight excluding hydrogens is 230 g/mol. The van der Waals surface area contributed by atoms with Crippen molar-refractivity contribution in [1.82, 2.24) is 14.7 Å². The number of hydrogen-bond donors (Lipinski definition) is 0. The highest BCUT2D eigenvalue weighted by Crippen LogP contribution is 2.20. The molecule has 94 valence electrons. The van der Waals surface area contributed by atoms with Crippen molar-refractivity contribution in [3.05, 3.63) is 42.8 Å². The zero-order valence-electron chi connectivity index (χ0n) is 10.5. The van der Waals surface area contributed by atoms with Crippen molar-refractivity contribution in [3.63, 3.8) is 0 Å². The third-order valence-corrected chi connectivity index (χ3v) is 2.62. The molecule has 5 nitrogen and oxygen atoms in total. The van der Waals surface area contributed by atoms with Gasteiger partial charge in [-0.05, 0) is 12.1 Å². The van der Waals surface area contributed by atoms with Gasteiger partial charge in [0.1, 0.15) is 5.69 Å². The molecule has 0 saturated carbocycles. The summed E-state index contributed by atoms with van der Waals surface area (Å²) in [7, 11) is 3.49. The van der Waals surface area contributed by atoms with E-state index in [0.717, 1.165) is 5.69 Å². The van der Waals surface area contributed by atoms with E-state index in [1.54, 1.807) is 48.1 Å². The number of rotatable bonds is 4. The van der Waals surface area contributed by atoms with Crippen LogP contribution in [-0.2, 0) is 7.05 Å². The fraction of sp³-hybridized carbons (Fsp3) is 0.231. The molecule has 0 unspecified atom stereocenters. The second-order valence-electron chi connectivity index (χ2n) is 3.99. The summed E-state index contributed by atoms with van der Waals surface area (Å²) in [5.74, 6) is 0.554. The maximum Gasteiger partial charge on any atom is 0.274 e. The summed E-state index contributed by atoms with van der Waals surface area (Å²) in [6, 6.07) is 5.35. The molecule has 0 aliphatic heterocycles. The van der Waals surface area contributed by atoms with Crippen LogP contribution in [0, 0.1) is 0 Å². The molecule has 0 aliphatic rings. The quantitative estimate of drug-likeness (QED) is 0.773. The molecule has 0 bridgehead atoms. The Kier molecular flexibility index (Phi) is 3.32.